The smallest absolute Gasteiger partial charge is 0.243 e. The van der Waals surface area contributed by atoms with Crippen LogP contribution < -0.4 is 10.0 Å². The Balaban J connectivity index is 1.70. The average Bonchev–Trinajstić information content (AvgIpc) is 3.32. The molecule has 2 amide bonds. The summed E-state index contributed by atoms with van der Waals surface area (Å²) < 4.78 is 28.3. The summed E-state index contributed by atoms with van der Waals surface area (Å²) in [4.78, 5) is 27.9. The second-order valence-corrected chi connectivity index (χ2v) is 10.5. The fourth-order valence-electron chi connectivity index (χ4n) is 4.03. The quantitative estimate of drug-likeness (QED) is 0.569. The molecule has 2 N–H and O–H groups in total. The number of likely N-dealkylation sites (tertiary alicyclic amines) is 1. The maximum atomic E-state index is 13.4. The third-order valence-electron chi connectivity index (χ3n) is 5.74. The van der Waals surface area contributed by atoms with E-state index in [1.807, 2.05) is 13.8 Å². The van der Waals surface area contributed by atoms with Gasteiger partial charge >= 0.3 is 0 Å². The first kappa shape index (κ1) is 25.4. The van der Waals surface area contributed by atoms with Crippen LogP contribution in [0.1, 0.15) is 44.2 Å². The molecule has 3 rings (SSSR count). The van der Waals surface area contributed by atoms with Gasteiger partial charge in [-0.15, -0.1) is 0 Å². The molecule has 1 fully saturated rings. The molecule has 1 aliphatic rings. The first-order valence-corrected chi connectivity index (χ1v) is 12.8. The highest BCUT2D eigenvalue weighted by atomic mass is 32.2. The Bertz CT molecular complexity index is 1140. The van der Waals surface area contributed by atoms with Crippen LogP contribution in [-0.2, 0) is 26.2 Å². The summed E-state index contributed by atoms with van der Waals surface area (Å²) >= 11 is 0. The van der Waals surface area contributed by atoms with E-state index in [9.17, 15) is 18.0 Å². The highest BCUT2D eigenvalue weighted by Crippen LogP contribution is 2.22. The van der Waals surface area contributed by atoms with Gasteiger partial charge in [0.05, 0.1) is 16.5 Å². The molecule has 1 aliphatic heterocycles. The predicted octanol–water partition coefficient (Wildman–Crippen LogP) is 2.56. The van der Waals surface area contributed by atoms with Crippen molar-refractivity contribution in [3.8, 4) is 6.07 Å². The summed E-state index contributed by atoms with van der Waals surface area (Å²) in [6, 6.07) is 15.3. The van der Waals surface area contributed by atoms with Gasteiger partial charge in [-0.25, -0.2) is 8.42 Å². The lowest BCUT2D eigenvalue weighted by atomic mass is 10.0. The summed E-state index contributed by atoms with van der Waals surface area (Å²) in [5, 5.41) is 11.8. The molecule has 8 nitrogen and oxygen atoms in total. The van der Waals surface area contributed by atoms with Crippen molar-refractivity contribution in [1.82, 2.24) is 14.9 Å². The van der Waals surface area contributed by atoms with Crippen LogP contribution in [0, 0.1) is 17.2 Å². The monoisotopic (exact) mass is 482 g/mol. The number of carbonyl (C=O) groups is 2. The van der Waals surface area contributed by atoms with Crippen molar-refractivity contribution in [3.63, 3.8) is 0 Å². The Morgan fingerprint density at radius 2 is 1.79 bits per heavy atom. The van der Waals surface area contributed by atoms with Gasteiger partial charge in [0.25, 0.3) is 0 Å². The Kier molecular flexibility index (Phi) is 8.42. The predicted molar refractivity (Wildman–Crippen MR) is 128 cm³/mol. The fourth-order valence-corrected chi connectivity index (χ4v) is 5.26. The van der Waals surface area contributed by atoms with Gasteiger partial charge in [0.1, 0.15) is 12.1 Å². The van der Waals surface area contributed by atoms with E-state index in [4.69, 9.17) is 5.26 Å². The number of nitrogens with one attached hydrogen (secondary N) is 2. The van der Waals surface area contributed by atoms with E-state index in [2.05, 4.69) is 16.1 Å². The van der Waals surface area contributed by atoms with Crippen molar-refractivity contribution in [1.29, 1.82) is 5.26 Å². The molecule has 1 saturated heterocycles. The van der Waals surface area contributed by atoms with Crippen molar-refractivity contribution in [2.45, 2.75) is 56.6 Å². The largest absolute Gasteiger partial charge is 0.350 e. The Morgan fingerprint density at radius 1 is 1.12 bits per heavy atom. The first-order valence-electron chi connectivity index (χ1n) is 11.4. The molecule has 0 saturated carbocycles. The van der Waals surface area contributed by atoms with Crippen LogP contribution >= 0.6 is 0 Å². The Morgan fingerprint density at radius 3 is 2.41 bits per heavy atom. The Labute approximate surface area is 201 Å². The second-order valence-electron chi connectivity index (χ2n) is 8.83. The summed E-state index contributed by atoms with van der Waals surface area (Å²) in [6.07, 6.45) is 1.51. The Hall–Kier alpha value is -3.22. The number of amides is 2. The summed E-state index contributed by atoms with van der Waals surface area (Å²) in [5.74, 6) is -0.590. The molecule has 34 heavy (non-hydrogen) atoms. The minimum absolute atomic E-state index is 0.0682. The van der Waals surface area contributed by atoms with Crippen molar-refractivity contribution in [2.75, 3.05) is 6.54 Å². The average molecular weight is 483 g/mol. The molecule has 180 valence electrons. The van der Waals surface area contributed by atoms with Gasteiger partial charge in [-0.05, 0) is 55.0 Å². The van der Waals surface area contributed by atoms with Crippen LogP contribution in [0.2, 0.25) is 0 Å². The number of hydrogen-bond donors (Lipinski definition) is 2. The van der Waals surface area contributed by atoms with Crippen LogP contribution in [0.15, 0.2) is 59.5 Å². The maximum absolute atomic E-state index is 13.4. The number of benzene rings is 2. The van der Waals surface area contributed by atoms with Crippen LogP contribution in [0.25, 0.3) is 0 Å². The molecule has 1 heterocycles. The molecular formula is C25H30N4O4S. The highest BCUT2D eigenvalue weighted by Gasteiger charge is 2.38. The minimum atomic E-state index is -3.89. The number of nitriles is 1. The number of nitrogens with zero attached hydrogens (tertiary/aromatic N) is 2. The molecule has 0 bridgehead atoms. The van der Waals surface area contributed by atoms with Gasteiger partial charge in [-0.3, -0.25) is 9.59 Å². The highest BCUT2D eigenvalue weighted by molar-refractivity contribution is 7.89. The molecule has 1 unspecified atom stereocenters. The first-order chi connectivity index (χ1) is 16.2. The molecule has 9 heteroatoms. The number of rotatable bonds is 9. The number of carbonyl (C=O) groups excluding carboxylic acids is 2. The van der Waals surface area contributed by atoms with Gasteiger partial charge in [-0.2, -0.15) is 9.98 Å². The zero-order valence-corrected chi connectivity index (χ0v) is 20.2. The lowest BCUT2D eigenvalue weighted by Crippen LogP contribution is -2.53. The van der Waals surface area contributed by atoms with Crippen molar-refractivity contribution >= 4 is 21.8 Å². The molecule has 2 aromatic rings. The van der Waals surface area contributed by atoms with E-state index >= 15 is 0 Å². The third kappa shape index (κ3) is 6.43. The number of sulfonamides is 1. The third-order valence-corrected chi connectivity index (χ3v) is 7.23. The van der Waals surface area contributed by atoms with E-state index < -0.39 is 22.1 Å². The number of hydrogen-bond acceptors (Lipinski definition) is 5. The van der Waals surface area contributed by atoms with E-state index in [-0.39, 0.29) is 29.2 Å². The van der Waals surface area contributed by atoms with Gasteiger partial charge in [0.2, 0.25) is 21.8 Å². The second kappa shape index (κ2) is 11.3. The summed E-state index contributed by atoms with van der Waals surface area (Å²) in [5.41, 5.74) is 1.38. The molecule has 0 aliphatic carbocycles. The van der Waals surface area contributed by atoms with Crippen molar-refractivity contribution < 1.29 is 18.0 Å². The SMILES string of the molecule is CC(C)CC(NS(=O)(=O)c1ccccc1)C(=O)N1CCC[C@H]1C(=O)NCc1ccc(C#N)cc1. The zero-order chi connectivity index (χ0) is 24.7. The normalized spacial score (nSPS) is 16.8. The van der Waals surface area contributed by atoms with Crippen LogP contribution in [-0.4, -0.2) is 43.8 Å². The van der Waals surface area contributed by atoms with Gasteiger partial charge in [-0.1, -0.05) is 44.2 Å². The van der Waals surface area contributed by atoms with E-state index in [0.717, 1.165) is 5.56 Å². The van der Waals surface area contributed by atoms with Crippen molar-refractivity contribution in [2.24, 2.45) is 5.92 Å². The summed E-state index contributed by atoms with van der Waals surface area (Å²) in [7, 11) is -3.89. The maximum Gasteiger partial charge on any atom is 0.243 e. The molecule has 0 radical (unpaired) electrons. The van der Waals surface area contributed by atoms with Crippen LogP contribution in [0.4, 0.5) is 0 Å². The molecular weight excluding hydrogens is 452 g/mol. The summed E-state index contributed by atoms with van der Waals surface area (Å²) in [6.45, 7) is 4.51. The van der Waals surface area contributed by atoms with Crippen LogP contribution in [0.5, 0.6) is 0 Å². The van der Waals surface area contributed by atoms with Crippen LogP contribution in [0.3, 0.4) is 0 Å². The standard InChI is InChI=1S/C25H30N4O4S/c1-18(2)15-22(28-34(32,33)21-7-4-3-5-8-21)25(31)29-14-6-9-23(29)24(30)27-17-20-12-10-19(16-26)11-13-20/h3-5,7-8,10-13,18,22-23,28H,6,9,14-15,17H2,1-2H3,(H,27,30)/t22?,23-/m0/s1. The molecule has 0 aromatic heterocycles. The van der Waals surface area contributed by atoms with Crippen molar-refractivity contribution in [3.05, 3.63) is 65.7 Å². The van der Waals surface area contributed by atoms with E-state index in [1.54, 1.807) is 42.5 Å². The van der Waals surface area contributed by atoms with Gasteiger partial charge in [0, 0.05) is 13.1 Å². The van der Waals surface area contributed by atoms with E-state index in [0.29, 0.717) is 31.4 Å². The fraction of sp³-hybridized carbons (Fsp3) is 0.400. The van der Waals surface area contributed by atoms with E-state index in [1.165, 1.54) is 17.0 Å². The van der Waals surface area contributed by atoms with Gasteiger partial charge in [0.15, 0.2) is 0 Å². The lowest BCUT2D eigenvalue weighted by Gasteiger charge is -2.29. The molecule has 0 spiro atoms. The van der Waals surface area contributed by atoms with Gasteiger partial charge < -0.3 is 10.2 Å². The molecule has 2 atom stereocenters. The topological polar surface area (TPSA) is 119 Å². The zero-order valence-electron chi connectivity index (χ0n) is 19.4. The molecule has 2 aromatic carbocycles. The minimum Gasteiger partial charge on any atom is -0.350 e. The lowest BCUT2D eigenvalue weighted by molar-refractivity contribution is -0.140.